The van der Waals surface area contributed by atoms with Gasteiger partial charge in [-0.2, -0.15) is 0 Å². The first-order chi connectivity index (χ1) is 8.96. The molecule has 0 heterocycles. The van der Waals surface area contributed by atoms with E-state index in [4.69, 9.17) is 5.73 Å². The first kappa shape index (κ1) is 15.0. The Bertz CT molecular complexity index is 468. The molecule has 1 aromatic carbocycles. The molecule has 1 aromatic rings. The number of carboxylic acids is 1. The minimum Gasteiger partial charge on any atom is -0.481 e. The molecule has 0 aliphatic rings. The molecule has 4 N–H and O–H groups in total. The lowest BCUT2D eigenvalue weighted by Gasteiger charge is -2.26. The second-order valence-corrected chi connectivity index (χ2v) is 4.56. The van der Waals surface area contributed by atoms with Crippen LogP contribution in [-0.4, -0.2) is 23.5 Å². The molecule has 0 unspecified atom stereocenters. The summed E-state index contributed by atoms with van der Waals surface area (Å²) in [6.45, 7) is 3.71. The van der Waals surface area contributed by atoms with Crippen LogP contribution in [0.5, 0.6) is 0 Å². The maximum atomic E-state index is 12.0. The molecule has 0 radical (unpaired) electrons. The lowest BCUT2D eigenvalue weighted by molar-refractivity contribution is -0.149. The Morgan fingerprint density at radius 1 is 1.26 bits per heavy atom. The minimum absolute atomic E-state index is 0.0997. The smallest absolute Gasteiger partial charge is 0.311 e. The number of anilines is 1. The van der Waals surface area contributed by atoms with E-state index in [0.717, 1.165) is 0 Å². The van der Waals surface area contributed by atoms with Gasteiger partial charge in [0.2, 0.25) is 0 Å². The summed E-state index contributed by atoms with van der Waals surface area (Å²) in [6, 6.07) is 6.71. The Morgan fingerprint density at radius 3 is 2.32 bits per heavy atom. The van der Waals surface area contributed by atoms with Gasteiger partial charge in [-0.15, -0.1) is 0 Å². The number of carbonyl (C=O) groups is 2. The number of para-hydroxylation sites is 1. The molecular formula is C14H20N2O3. The van der Waals surface area contributed by atoms with Crippen LogP contribution >= 0.6 is 0 Å². The molecule has 0 atom stereocenters. The van der Waals surface area contributed by atoms with Crippen molar-refractivity contribution >= 4 is 17.6 Å². The van der Waals surface area contributed by atoms with Crippen LogP contribution in [0, 0.1) is 5.41 Å². The van der Waals surface area contributed by atoms with Crippen molar-refractivity contribution in [2.24, 2.45) is 5.41 Å². The maximum Gasteiger partial charge on any atom is 0.311 e. The fraction of sp³-hybridized carbons (Fsp3) is 0.429. The zero-order valence-electron chi connectivity index (χ0n) is 11.3. The summed E-state index contributed by atoms with van der Waals surface area (Å²) >= 11 is 0. The van der Waals surface area contributed by atoms with E-state index in [1.54, 1.807) is 38.1 Å². The van der Waals surface area contributed by atoms with Crippen molar-refractivity contribution < 1.29 is 14.7 Å². The highest BCUT2D eigenvalue weighted by atomic mass is 16.4. The summed E-state index contributed by atoms with van der Waals surface area (Å²) in [5.41, 5.74) is 5.54. The fourth-order valence-electron chi connectivity index (χ4n) is 1.93. The number of benzene rings is 1. The normalized spacial score (nSPS) is 11.1. The molecular weight excluding hydrogens is 244 g/mol. The molecule has 19 heavy (non-hydrogen) atoms. The molecule has 0 aliphatic carbocycles. The highest BCUT2D eigenvalue weighted by Gasteiger charge is 2.35. The number of hydrogen-bond acceptors (Lipinski definition) is 3. The van der Waals surface area contributed by atoms with E-state index in [9.17, 15) is 14.7 Å². The Morgan fingerprint density at radius 2 is 1.84 bits per heavy atom. The van der Waals surface area contributed by atoms with Gasteiger partial charge in [-0.3, -0.25) is 9.59 Å². The number of rotatable bonds is 6. The van der Waals surface area contributed by atoms with Crippen molar-refractivity contribution in [2.45, 2.75) is 26.7 Å². The van der Waals surface area contributed by atoms with E-state index in [1.165, 1.54) is 0 Å². The second kappa shape index (κ2) is 6.22. The summed E-state index contributed by atoms with van der Waals surface area (Å²) < 4.78 is 0. The standard InChI is InChI=1S/C14H20N2O3/c1-3-14(4-2,13(18)19)9-16-12(17)10-7-5-6-8-11(10)15/h5-8H,3-4,9,15H2,1-2H3,(H,16,17)(H,18,19). The SMILES string of the molecule is CCC(CC)(CNC(=O)c1ccccc1N)C(=O)O. The molecule has 0 fully saturated rings. The average molecular weight is 264 g/mol. The topological polar surface area (TPSA) is 92.4 Å². The summed E-state index contributed by atoms with van der Waals surface area (Å²) in [5.74, 6) is -1.23. The van der Waals surface area contributed by atoms with Crippen LogP contribution in [0.4, 0.5) is 5.69 Å². The Hall–Kier alpha value is -2.04. The van der Waals surface area contributed by atoms with E-state index in [-0.39, 0.29) is 12.5 Å². The van der Waals surface area contributed by atoms with Gasteiger partial charge in [-0.1, -0.05) is 26.0 Å². The zero-order chi connectivity index (χ0) is 14.5. The number of carboxylic acid groups (broad SMARTS) is 1. The van der Waals surface area contributed by atoms with Gasteiger partial charge in [0, 0.05) is 12.2 Å². The van der Waals surface area contributed by atoms with Crippen molar-refractivity contribution in [2.75, 3.05) is 12.3 Å². The molecule has 0 aromatic heterocycles. The van der Waals surface area contributed by atoms with E-state index < -0.39 is 11.4 Å². The number of nitrogen functional groups attached to an aromatic ring is 1. The van der Waals surface area contributed by atoms with Crippen LogP contribution in [0.15, 0.2) is 24.3 Å². The number of hydrogen-bond donors (Lipinski definition) is 3. The van der Waals surface area contributed by atoms with Crippen LogP contribution in [-0.2, 0) is 4.79 Å². The first-order valence-electron chi connectivity index (χ1n) is 6.33. The van der Waals surface area contributed by atoms with Gasteiger partial charge in [0.15, 0.2) is 0 Å². The third-order valence-corrected chi connectivity index (χ3v) is 3.60. The molecule has 0 spiro atoms. The Balaban J connectivity index is 2.79. The number of nitrogens with one attached hydrogen (secondary N) is 1. The van der Waals surface area contributed by atoms with Crippen molar-refractivity contribution in [1.29, 1.82) is 0 Å². The Kier molecular flexibility index (Phi) is 4.92. The van der Waals surface area contributed by atoms with Crippen LogP contribution < -0.4 is 11.1 Å². The molecule has 5 nitrogen and oxygen atoms in total. The number of carbonyl (C=O) groups excluding carboxylic acids is 1. The zero-order valence-corrected chi connectivity index (χ0v) is 11.3. The largest absolute Gasteiger partial charge is 0.481 e. The van der Waals surface area contributed by atoms with Crippen LogP contribution in [0.25, 0.3) is 0 Å². The number of amides is 1. The maximum absolute atomic E-state index is 12.0. The van der Waals surface area contributed by atoms with Crippen LogP contribution in [0.1, 0.15) is 37.0 Å². The van der Waals surface area contributed by atoms with Gasteiger partial charge in [-0.25, -0.2) is 0 Å². The lowest BCUT2D eigenvalue weighted by atomic mass is 9.82. The number of nitrogens with two attached hydrogens (primary N) is 1. The van der Waals surface area contributed by atoms with Crippen molar-refractivity contribution in [3.63, 3.8) is 0 Å². The van der Waals surface area contributed by atoms with Crippen molar-refractivity contribution in [1.82, 2.24) is 5.32 Å². The highest BCUT2D eigenvalue weighted by molar-refractivity contribution is 5.99. The van der Waals surface area contributed by atoms with E-state index in [2.05, 4.69) is 5.32 Å². The van der Waals surface area contributed by atoms with Gasteiger partial charge in [-0.05, 0) is 25.0 Å². The molecule has 0 aliphatic heterocycles. The first-order valence-corrected chi connectivity index (χ1v) is 6.33. The monoisotopic (exact) mass is 264 g/mol. The summed E-state index contributed by atoms with van der Waals surface area (Å²) in [4.78, 5) is 23.3. The molecule has 1 amide bonds. The number of aliphatic carboxylic acids is 1. The highest BCUT2D eigenvalue weighted by Crippen LogP contribution is 2.26. The Labute approximate surface area is 112 Å². The summed E-state index contributed by atoms with van der Waals surface area (Å²) in [5, 5.41) is 11.9. The molecule has 1 rings (SSSR count). The van der Waals surface area contributed by atoms with Gasteiger partial charge >= 0.3 is 5.97 Å². The fourth-order valence-corrected chi connectivity index (χ4v) is 1.93. The third-order valence-electron chi connectivity index (χ3n) is 3.60. The molecule has 0 saturated carbocycles. The van der Waals surface area contributed by atoms with Crippen LogP contribution in [0.3, 0.4) is 0 Å². The quantitative estimate of drug-likeness (QED) is 0.684. The predicted molar refractivity (Wildman–Crippen MR) is 73.8 cm³/mol. The van der Waals surface area contributed by atoms with Gasteiger partial charge in [0.1, 0.15) is 0 Å². The average Bonchev–Trinajstić information content (AvgIpc) is 2.40. The third kappa shape index (κ3) is 3.24. The minimum atomic E-state index is -0.917. The molecule has 104 valence electrons. The molecule has 0 bridgehead atoms. The van der Waals surface area contributed by atoms with E-state index >= 15 is 0 Å². The molecule has 5 heteroatoms. The predicted octanol–water partition coefficient (Wildman–Crippen LogP) is 1.89. The second-order valence-electron chi connectivity index (χ2n) is 4.56. The van der Waals surface area contributed by atoms with Gasteiger partial charge in [0.25, 0.3) is 5.91 Å². The van der Waals surface area contributed by atoms with Gasteiger partial charge in [0.05, 0.1) is 11.0 Å². The van der Waals surface area contributed by atoms with Crippen LogP contribution in [0.2, 0.25) is 0 Å². The van der Waals surface area contributed by atoms with E-state index in [1.807, 2.05) is 0 Å². The summed E-state index contributed by atoms with van der Waals surface area (Å²) in [6.07, 6.45) is 0.923. The summed E-state index contributed by atoms with van der Waals surface area (Å²) in [7, 11) is 0. The lowest BCUT2D eigenvalue weighted by Crippen LogP contribution is -2.42. The van der Waals surface area contributed by atoms with Crippen molar-refractivity contribution in [3.8, 4) is 0 Å². The van der Waals surface area contributed by atoms with E-state index in [0.29, 0.717) is 24.1 Å². The van der Waals surface area contributed by atoms with Gasteiger partial charge < -0.3 is 16.2 Å². The molecule has 0 saturated heterocycles. The van der Waals surface area contributed by atoms with Crippen molar-refractivity contribution in [3.05, 3.63) is 29.8 Å².